The van der Waals surface area contributed by atoms with E-state index in [2.05, 4.69) is 20.0 Å². The minimum absolute atomic E-state index is 0.0243. The minimum atomic E-state index is -3.84. The normalized spacial score (nSPS) is 11.4. The van der Waals surface area contributed by atoms with E-state index in [-0.39, 0.29) is 16.5 Å². The molecule has 0 radical (unpaired) electrons. The van der Waals surface area contributed by atoms with Crippen LogP contribution in [-0.4, -0.2) is 24.3 Å². The van der Waals surface area contributed by atoms with Gasteiger partial charge in [0.25, 0.3) is 10.0 Å². The number of nitrogens with zero attached hydrogens (tertiary/aromatic N) is 2. The number of sulfonamides is 1. The van der Waals surface area contributed by atoms with Crippen molar-refractivity contribution in [2.24, 2.45) is 0 Å². The van der Waals surface area contributed by atoms with Crippen LogP contribution in [0, 0.1) is 19.7 Å². The van der Waals surface area contributed by atoms with Crippen LogP contribution >= 0.6 is 0 Å². The standard InChI is InChI=1S/C21H19FN4O3S/c1-14-13-20(24-15(2)23-14)26-30(28,29)19-10-8-18(9-11-19)25-21(27)12-5-16-3-6-17(22)7-4-16/h3-13H,1-2H3,(H,25,27)(H,23,24,26)/b12-5+. The lowest BCUT2D eigenvalue weighted by atomic mass is 10.2. The smallest absolute Gasteiger partial charge is 0.263 e. The number of amides is 1. The number of anilines is 2. The van der Waals surface area contributed by atoms with E-state index in [1.807, 2.05) is 0 Å². The summed E-state index contributed by atoms with van der Waals surface area (Å²) >= 11 is 0. The van der Waals surface area contributed by atoms with Crippen LogP contribution in [0.3, 0.4) is 0 Å². The molecule has 3 rings (SSSR count). The Labute approximate surface area is 173 Å². The van der Waals surface area contributed by atoms with Gasteiger partial charge >= 0.3 is 0 Å². The maximum Gasteiger partial charge on any atom is 0.263 e. The molecular weight excluding hydrogens is 407 g/mol. The van der Waals surface area contributed by atoms with Crippen molar-refractivity contribution in [3.63, 3.8) is 0 Å². The summed E-state index contributed by atoms with van der Waals surface area (Å²) in [4.78, 5) is 20.2. The molecule has 0 aliphatic rings. The highest BCUT2D eigenvalue weighted by Gasteiger charge is 2.15. The number of benzene rings is 2. The lowest BCUT2D eigenvalue weighted by Gasteiger charge is -2.09. The zero-order chi connectivity index (χ0) is 21.7. The Hall–Kier alpha value is -3.59. The van der Waals surface area contributed by atoms with Crippen molar-refractivity contribution in [3.8, 4) is 0 Å². The number of rotatable bonds is 6. The van der Waals surface area contributed by atoms with Crippen molar-refractivity contribution in [2.45, 2.75) is 18.7 Å². The number of aromatic nitrogens is 2. The van der Waals surface area contributed by atoms with Gasteiger partial charge in [-0.1, -0.05) is 12.1 Å². The Morgan fingerprint density at radius 3 is 2.30 bits per heavy atom. The third-order valence-electron chi connectivity index (χ3n) is 3.93. The summed E-state index contributed by atoms with van der Waals surface area (Å²) in [5.74, 6) is -0.117. The van der Waals surface area contributed by atoms with Crippen molar-refractivity contribution < 1.29 is 17.6 Å². The average Bonchev–Trinajstić information content (AvgIpc) is 2.67. The summed E-state index contributed by atoms with van der Waals surface area (Å²) < 4.78 is 40.4. The highest BCUT2D eigenvalue weighted by molar-refractivity contribution is 7.92. The molecule has 1 aromatic heterocycles. The summed E-state index contributed by atoms with van der Waals surface area (Å²) in [7, 11) is -3.84. The first-order valence-electron chi connectivity index (χ1n) is 8.91. The largest absolute Gasteiger partial charge is 0.323 e. The zero-order valence-electron chi connectivity index (χ0n) is 16.3. The van der Waals surface area contributed by atoms with E-state index in [0.717, 1.165) is 0 Å². The van der Waals surface area contributed by atoms with Crippen molar-refractivity contribution in [1.82, 2.24) is 9.97 Å². The van der Waals surface area contributed by atoms with Gasteiger partial charge in [0.15, 0.2) is 0 Å². The van der Waals surface area contributed by atoms with Gasteiger partial charge in [-0.25, -0.2) is 22.8 Å². The van der Waals surface area contributed by atoms with Crippen molar-refractivity contribution in [1.29, 1.82) is 0 Å². The van der Waals surface area contributed by atoms with E-state index in [9.17, 15) is 17.6 Å². The second kappa shape index (κ2) is 8.83. The third kappa shape index (κ3) is 5.71. The van der Waals surface area contributed by atoms with E-state index in [0.29, 0.717) is 22.8 Å². The van der Waals surface area contributed by atoms with E-state index in [1.54, 1.807) is 32.1 Å². The molecule has 1 heterocycles. The van der Waals surface area contributed by atoms with Gasteiger partial charge in [0, 0.05) is 23.5 Å². The SMILES string of the molecule is Cc1cc(NS(=O)(=O)c2ccc(NC(=O)/C=C/c3ccc(F)cc3)cc2)nc(C)n1. The molecule has 30 heavy (non-hydrogen) atoms. The molecule has 0 aliphatic carbocycles. The molecule has 9 heteroatoms. The van der Waals surface area contributed by atoms with Crippen LogP contribution in [0.1, 0.15) is 17.1 Å². The summed E-state index contributed by atoms with van der Waals surface area (Å²) in [6.45, 7) is 3.42. The molecule has 0 fully saturated rings. The Bertz CT molecular complexity index is 1170. The van der Waals surface area contributed by atoms with Crippen molar-refractivity contribution in [2.75, 3.05) is 10.0 Å². The molecular formula is C21H19FN4O3S. The molecule has 0 atom stereocenters. The highest BCUT2D eigenvalue weighted by Crippen LogP contribution is 2.18. The first-order valence-corrected chi connectivity index (χ1v) is 10.4. The topological polar surface area (TPSA) is 101 Å². The predicted octanol–water partition coefficient (Wildman–Crippen LogP) is 3.69. The average molecular weight is 426 g/mol. The minimum Gasteiger partial charge on any atom is -0.323 e. The molecule has 3 aromatic rings. The fraction of sp³-hybridized carbons (Fsp3) is 0.0952. The second-order valence-corrected chi connectivity index (χ2v) is 8.13. The highest BCUT2D eigenvalue weighted by atomic mass is 32.2. The molecule has 0 spiro atoms. The fourth-order valence-corrected chi connectivity index (χ4v) is 3.61. The van der Waals surface area contributed by atoms with Gasteiger partial charge in [-0.05, 0) is 61.9 Å². The third-order valence-corrected chi connectivity index (χ3v) is 5.30. The number of halogens is 1. The van der Waals surface area contributed by atoms with Crippen molar-refractivity contribution in [3.05, 3.63) is 83.6 Å². The number of nitrogens with one attached hydrogen (secondary N) is 2. The Morgan fingerprint density at radius 1 is 1.00 bits per heavy atom. The Morgan fingerprint density at radius 2 is 1.67 bits per heavy atom. The Kier molecular flexibility index (Phi) is 6.22. The van der Waals surface area contributed by atoms with Crippen LogP contribution in [0.25, 0.3) is 6.08 Å². The molecule has 0 unspecified atom stereocenters. The van der Waals surface area contributed by atoms with Gasteiger partial charge < -0.3 is 5.32 Å². The molecule has 2 aromatic carbocycles. The molecule has 154 valence electrons. The van der Waals surface area contributed by atoms with Crippen LogP contribution in [0.4, 0.5) is 15.9 Å². The predicted molar refractivity (Wildman–Crippen MR) is 113 cm³/mol. The molecule has 0 bridgehead atoms. The van der Waals surface area contributed by atoms with Crippen LogP contribution in [-0.2, 0) is 14.8 Å². The van der Waals surface area contributed by atoms with E-state index in [4.69, 9.17) is 0 Å². The van der Waals surface area contributed by atoms with Crippen LogP contribution in [0.15, 0.2) is 65.6 Å². The maximum atomic E-state index is 12.9. The molecule has 1 amide bonds. The van der Waals surface area contributed by atoms with Crippen molar-refractivity contribution >= 4 is 33.5 Å². The lowest BCUT2D eigenvalue weighted by Crippen LogP contribution is -2.15. The number of hydrogen-bond acceptors (Lipinski definition) is 5. The van der Waals surface area contributed by atoms with E-state index >= 15 is 0 Å². The van der Waals surface area contributed by atoms with Gasteiger partial charge in [-0.15, -0.1) is 0 Å². The van der Waals surface area contributed by atoms with Crippen LogP contribution < -0.4 is 10.0 Å². The van der Waals surface area contributed by atoms with E-state index < -0.39 is 15.9 Å². The molecule has 0 saturated heterocycles. The number of hydrogen-bond donors (Lipinski definition) is 2. The summed E-state index contributed by atoms with van der Waals surface area (Å²) in [6, 6.07) is 12.9. The molecule has 0 aliphatic heterocycles. The zero-order valence-corrected chi connectivity index (χ0v) is 17.1. The lowest BCUT2D eigenvalue weighted by molar-refractivity contribution is -0.111. The van der Waals surface area contributed by atoms with Gasteiger partial charge in [0.1, 0.15) is 17.5 Å². The first-order chi connectivity index (χ1) is 14.2. The quantitative estimate of drug-likeness (QED) is 0.586. The summed E-state index contributed by atoms with van der Waals surface area (Å²) in [5, 5.41) is 2.63. The maximum absolute atomic E-state index is 12.9. The second-order valence-electron chi connectivity index (χ2n) is 6.45. The fourth-order valence-electron chi connectivity index (χ4n) is 2.61. The number of carbonyl (C=O) groups excluding carboxylic acids is 1. The molecule has 0 saturated carbocycles. The monoisotopic (exact) mass is 426 g/mol. The van der Waals surface area contributed by atoms with Gasteiger partial charge in [0.2, 0.25) is 5.91 Å². The van der Waals surface area contributed by atoms with Gasteiger partial charge in [-0.3, -0.25) is 9.52 Å². The first kappa shape index (κ1) is 21.1. The number of carbonyl (C=O) groups is 1. The van der Waals surface area contributed by atoms with E-state index in [1.165, 1.54) is 48.5 Å². The number of aryl methyl sites for hydroxylation is 2. The Balaban J connectivity index is 1.66. The van der Waals surface area contributed by atoms with Gasteiger partial charge in [0.05, 0.1) is 4.90 Å². The van der Waals surface area contributed by atoms with Crippen LogP contribution in [0.5, 0.6) is 0 Å². The van der Waals surface area contributed by atoms with Gasteiger partial charge in [-0.2, -0.15) is 0 Å². The summed E-state index contributed by atoms with van der Waals surface area (Å²) in [5.41, 5.74) is 1.75. The molecule has 7 nitrogen and oxygen atoms in total. The molecule has 2 N–H and O–H groups in total. The summed E-state index contributed by atoms with van der Waals surface area (Å²) in [6.07, 6.45) is 2.85. The van der Waals surface area contributed by atoms with Crippen LogP contribution in [0.2, 0.25) is 0 Å².